The Kier molecular flexibility index (Phi) is 5.99. The molecule has 0 aliphatic carbocycles. The van der Waals surface area contributed by atoms with Crippen LogP contribution in [0.25, 0.3) is 0 Å². The third-order valence-corrected chi connectivity index (χ3v) is 3.95. The number of hydrogen-bond donors (Lipinski definition) is 0. The van der Waals surface area contributed by atoms with Gasteiger partial charge in [0.1, 0.15) is 5.60 Å². The Morgan fingerprint density at radius 2 is 1.44 bits per heavy atom. The van der Waals surface area contributed by atoms with Crippen LogP contribution >= 0.6 is 7.60 Å². The highest BCUT2D eigenvalue weighted by Gasteiger charge is 2.49. The van der Waals surface area contributed by atoms with E-state index in [0.717, 1.165) is 21.3 Å². The van der Waals surface area contributed by atoms with Crippen LogP contribution in [0.3, 0.4) is 0 Å². The van der Waals surface area contributed by atoms with E-state index >= 15 is 0 Å². The smallest absolute Gasteiger partial charge is 0.355 e. The maximum absolute atomic E-state index is 12.1. The SMILES string of the molecule is COC(=O)C(C(=O)OC(C)(C)C)P(=O)(OC)OC. The summed E-state index contributed by atoms with van der Waals surface area (Å²) in [7, 11) is -0.742. The summed E-state index contributed by atoms with van der Waals surface area (Å²) in [6, 6.07) is 0. The van der Waals surface area contributed by atoms with Crippen molar-refractivity contribution in [2.75, 3.05) is 21.3 Å². The van der Waals surface area contributed by atoms with Gasteiger partial charge >= 0.3 is 19.5 Å². The Hall–Kier alpha value is -0.910. The summed E-state index contributed by atoms with van der Waals surface area (Å²) in [5.41, 5.74) is -2.59. The molecule has 0 radical (unpaired) electrons. The third kappa shape index (κ3) is 4.40. The number of methoxy groups -OCH3 is 1. The Balaban J connectivity index is 5.32. The zero-order valence-corrected chi connectivity index (χ0v) is 12.3. The Morgan fingerprint density at radius 1 is 1.00 bits per heavy atom. The van der Waals surface area contributed by atoms with Gasteiger partial charge in [-0.2, -0.15) is 0 Å². The van der Waals surface area contributed by atoms with E-state index in [0.29, 0.717) is 0 Å². The zero-order valence-electron chi connectivity index (χ0n) is 11.4. The van der Waals surface area contributed by atoms with Crippen LogP contribution in [0.15, 0.2) is 0 Å². The molecule has 0 rings (SSSR count). The van der Waals surface area contributed by atoms with E-state index in [1.165, 1.54) is 0 Å². The highest BCUT2D eigenvalue weighted by Crippen LogP contribution is 2.52. The van der Waals surface area contributed by atoms with Crippen LogP contribution in [-0.4, -0.2) is 44.5 Å². The van der Waals surface area contributed by atoms with Gasteiger partial charge in [0.15, 0.2) is 0 Å². The summed E-state index contributed by atoms with van der Waals surface area (Å²) in [6.45, 7) is 4.84. The van der Waals surface area contributed by atoms with Gasteiger partial charge in [-0.05, 0) is 20.8 Å². The molecule has 0 heterocycles. The summed E-state index contributed by atoms with van der Waals surface area (Å²) < 4.78 is 30.8. The standard InChI is InChI=1S/C10H19O7P/c1-10(2,3)17-9(12)7(8(11)14-4)18(13,15-5)16-6/h7H,1-6H3. The normalized spacial score (nSPS) is 13.9. The van der Waals surface area contributed by atoms with Gasteiger partial charge in [0.2, 0.25) is 0 Å². The molecule has 0 aliphatic rings. The van der Waals surface area contributed by atoms with Gasteiger partial charge in [-0.15, -0.1) is 0 Å². The van der Waals surface area contributed by atoms with Crippen LogP contribution in [0.2, 0.25) is 0 Å². The molecule has 106 valence electrons. The van der Waals surface area contributed by atoms with E-state index in [9.17, 15) is 14.2 Å². The van der Waals surface area contributed by atoms with E-state index in [4.69, 9.17) is 4.74 Å². The van der Waals surface area contributed by atoms with Gasteiger partial charge in [0.05, 0.1) is 7.11 Å². The Bertz CT molecular complexity index is 350. The molecule has 1 unspecified atom stereocenters. The summed E-state index contributed by atoms with van der Waals surface area (Å²) in [6.07, 6.45) is 0. The summed E-state index contributed by atoms with van der Waals surface area (Å²) in [4.78, 5) is 23.4. The molecule has 18 heavy (non-hydrogen) atoms. The fourth-order valence-corrected chi connectivity index (χ4v) is 2.35. The summed E-state index contributed by atoms with van der Waals surface area (Å²) in [5.74, 6) is -2.04. The molecule has 0 fully saturated rings. The van der Waals surface area contributed by atoms with E-state index < -0.39 is 30.8 Å². The first-order valence-electron chi connectivity index (χ1n) is 5.13. The monoisotopic (exact) mass is 282 g/mol. The largest absolute Gasteiger partial charge is 0.468 e. The molecule has 0 aromatic rings. The average molecular weight is 282 g/mol. The fraction of sp³-hybridized carbons (Fsp3) is 0.800. The first-order valence-corrected chi connectivity index (χ1v) is 6.74. The maximum Gasteiger partial charge on any atom is 0.355 e. The van der Waals surface area contributed by atoms with Crippen LogP contribution in [0.1, 0.15) is 20.8 Å². The minimum Gasteiger partial charge on any atom is -0.468 e. The van der Waals surface area contributed by atoms with Crippen molar-refractivity contribution in [3.8, 4) is 0 Å². The number of esters is 2. The quantitative estimate of drug-likeness (QED) is 0.427. The van der Waals surface area contributed by atoms with Gasteiger partial charge in [0.25, 0.3) is 5.66 Å². The van der Waals surface area contributed by atoms with Crippen molar-refractivity contribution in [1.29, 1.82) is 0 Å². The Labute approximate surface area is 106 Å². The number of carbonyl (C=O) groups is 2. The second kappa shape index (κ2) is 6.31. The molecule has 0 bridgehead atoms. The van der Waals surface area contributed by atoms with Crippen LogP contribution < -0.4 is 0 Å². The summed E-state index contributed by atoms with van der Waals surface area (Å²) >= 11 is 0. The predicted molar refractivity (Wildman–Crippen MR) is 63.3 cm³/mol. The number of hydrogen-bond acceptors (Lipinski definition) is 7. The van der Waals surface area contributed by atoms with Crippen LogP contribution in [0, 0.1) is 0 Å². The molecule has 0 aromatic carbocycles. The first-order chi connectivity index (χ1) is 8.11. The van der Waals surface area contributed by atoms with Crippen molar-refractivity contribution in [2.45, 2.75) is 32.0 Å². The molecular weight excluding hydrogens is 263 g/mol. The van der Waals surface area contributed by atoms with Crippen molar-refractivity contribution >= 4 is 19.5 Å². The van der Waals surface area contributed by atoms with E-state index in [1.807, 2.05) is 0 Å². The van der Waals surface area contributed by atoms with Gasteiger partial charge < -0.3 is 18.5 Å². The lowest BCUT2D eigenvalue weighted by Gasteiger charge is -2.25. The second-order valence-electron chi connectivity index (χ2n) is 4.36. The van der Waals surface area contributed by atoms with E-state index in [2.05, 4.69) is 13.8 Å². The van der Waals surface area contributed by atoms with E-state index in [-0.39, 0.29) is 0 Å². The van der Waals surface area contributed by atoms with Crippen molar-refractivity contribution in [1.82, 2.24) is 0 Å². The molecule has 0 saturated heterocycles. The van der Waals surface area contributed by atoms with Gasteiger partial charge in [-0.3, -0.25) is 14.2 Å². The van der Waals surface area contributed by atoms with Gasteiger partial charge in [-0.1, -0.05) is 0 Å². The van der Waals surface area contributed by atoms with Crippen molar-refractivity contribution in [3.63, 3.8) is 0 Å². The lowest BCUT2D eigenvalue weighted by atomic mass is 10.2. The molecule has 0 spiro atoms. The van der Waals surface area contributed by atoms with Crippen molar-refractivity contribution < 1.29 is 32.7 Å². The Morgan fingerprint density at radius 3 is 1.72 bits per heavy atom. The second-order valence-corrected chi connectivity index (χ2v) is 6.69. The van der Waals surface area contributed by atoms with Gasteiger partial charge in [-0.25, -0.2) is 0 Å². The molecular formula is C10H19O7P. The highest BCUT2D eigenvalue weighted by molar-refractivity contribution is 7.56. The third-order valence-electron chi connectivity index (χ3n) is 1.88. The molecule has 1 atom stereocenters. The van der Waals surface area contributed by atoms with E-state index in [1.54, 1.807) is 20.8 Å². The lowest BCUT2D eigenvalue weighted by molar-refractivity contribution is -0.160. The maximum atomic E-state index is 12.1. The minimum absolute atomic E-state index is 0.838. The molecule has 0 aliphatic heterocycles. The zero-order chi connectivity index (χ0) is 14.6. The lowest BCUT2D eigenvalue weighted by Crippen LogP contribution is -2.38. The molecule has 0 amide bonds. The van der Waals surface area contributed by atoms with Crippen molar-refractivity contribution in [3.05, 3.63) is 0 Å². The molecule has 7 nitrogen and oxygen atoms in total. The molecule has 0 aromatic heterocycles. The minimum atomic E-state index is -3.96. The molecule has 0 saturated carbocycles. The predicted octanol–water partition coefficient (Wildman–Crippen LogP) is 1.36. The average Bonchev–Trinajstić information content (AvgIpc) is 2.26. The summed E-state index contributed by atoms with van der Waals surface area (Å²) in [5, 5.41) is 0. The number of carbonyl (C=O) groups excluding carboxylic acids is 2. The first kappa shape index (κ1) is 17.1. The highest BCUT2D eigenvalue weighted by atomic mass is 31.2. The van der Waals surface area contributed by atoms with Crippen molar-refractivity contribution in [2.24, 2.45) is 0 Å². The van der Waals surface area contributed by atoms with Crippen LogP contribution in [0.4, 0.5) is 0 Å². The van der Waals surface area contributed by atoms with Crippen LogP contribution in [-0.2, 0) is 32.7 Å². The molecule has 0 N–H and O–H groups in total. The molecule has 8 heteroatoms. The fourth-order valence-electron chi connectivity index (χ4n) is 1.11. The number of rotatable bonds is 5. The van der Waals surface area contributed by atoms with Gasteiger partial charge in [0, 0.05) is 14.2 Å². The van der Waals surface area contributed by atoms with Crippen LogP contribution in [0.5, 0.6) is 0 Å². The number of ether oxygens (including phenoxy) is 2. The topological polar surface area (TPSA) is 88.1 Å².